The molecule has 0 bridgehead atoms. The zero-order valence-corrected chi connectivity index (χ0v) is 21.7. The molecule has 3 aromatic rings. The lowest BCUT2D eigenvalue weighted by Gasteiger charge is -2.22. The largest absolute Gasteiger partial charge is 0.493 e. The van der Waals surface area contributed by atoms with E-state index in [9.17, 15) is 14.7 Å². The molecule has 1 atom stereocenters. The Bertz CT molecular complexity index is 1380. The van der Waals surface area contributed by atoms with Crippen molar-refractivity contribution in [2.75, 3.05) is 35.2 Å². The molecule has 1 saturated heterocycles. The van der Waals surface area contributed by atoms with E-state index >= 15 is 0 Å². The van der Waals surface area contributed by atoms with Crippen LogP contribution in [0.5, 0.6) is 5.75 Å². The average Bonchev–Trinajstić information content (AvgIpc) is 3.39. The molecule has 0 spiro atoms. The van der Waals surface area contributed by atoms with Crippen molar-refractivity contribution in [2.45, 2.75) is 44.6 Å². The number of nitrogens with zero attached hydrogens (tertiary/aromatic N) is 3. The third-order valence-electron chi connectivity index (χ3n) is 6.99. The smallest absolute Gasteiger partial charge is 0.305 e. The van der Waals surface area contributed by atoms with E-state index in [1.54, 1.807) is 41.4 Å². The molecule has 10 nitrogen and oxygen atoms in total. The summed E-state index contributed by atoms with van der Waals surface area (Å²) in [7, 11) is 0. The maximum Gasteiger partial charge on any atom is 0.305 e. The van der Waals surface area contributed by atoms with Gasteiger partial charge in [-0.1, -0.05) is 6.07 Å². The second-order valence-electron chi connectivity index (χ2n) is 9.72. The van der Waals surface area contributed by atoms with E-state index in [-0.39, 0.29) is 12.3 Å². The average molecular weight is 529 g/mol. The Morgan fingerprint density at radius 1 is 1.21 bits per heavy atom. The number of pyridine rings is 2. The van der Waals surface area contributed by atoms with E-state index < -0.39 is 12.0 Å². The Hall–Kier alpha value is -4.47. The van der Waals surface area contributed by atoms with Gasteiger partial charge in [0.2, 0.25) is 5.91 Å². The summed E-state index contributed by atoms with van der Waals surface area (Å²) in [4.78, 5) is 34.5. The first-order valence-electron chi connectivity index (χ1n) is 13.2. The monoisotopic (exact) mass is 528 g/mol. The molecule has 0 radical (unpaired) electrons. The van der Waals surface area contributed by atoms with Gasteiger partial charge in [-0.2, -0.15) is 0 Å². The highest BCUT2D eigenvalue weighted by Gasteiger charge is 2.24. The van der Waals surface area contributed by atoms with Crippen molar-refractivity contribution < 1.29 is 19.4 Å². The predicted octanol–water partition coefficient (Wildman–Crippen LogP) is 4.21. The number of carbonyl (C=O) groups excluding carboxylic acids is 1. The minimum absolute atomic E-state index is 0.0168. The van der Waals surface area contributed by atoms with Gasteiger partial charge in [-0.3, -0.25) is 14.5 Å². The Labute approximate surface area is 226 Å². The molecule has 4 heterocycles. The molecule has 1 unspecified atom stereocenters. The number of amides is 1. The molecule has 10 heteroatoms. The molecular weight excluding hydrogens is 496 g/mol. The molecule has 4 N–H and O–H groups in total. The first-order valence-corrected chi connectivity index (χ1v) is 13.2. The van der Waals surface area contributed by atoms with Gasteiger partial charge in [0.1, 0.15) is 17.4 Å². The van der Waals surface area contributed by atoms with Crippen LogP contribution in [-0.2, 0) is 22.4 Å². The fraction of sp³-hybridized carbons (Fsp3) is 0.345. The zero-order valence-electron chi connectivity index (χ0n) is 21.7. The molecule has 39 heavy (non-hydrogen) atoms. The van der Waals surface area contributed by atoms with Crippen LogP contribution in [0.2, 0.25) is 0 Å². The van der Waals surface area contributed by atoms with Crippen molar-refractivity contribution in [2.24, 2.45) is 0 Å². The Morgan fingerprint density at radius 2 is 2.10 bits per heavy atom. The van der Waals surface area contributed by atoms with Gasteiger partial charge in [0.25, 0.3) is 0 Å². The summed E-state index contributed by atoms with van der Waals surface area (Å²) in [5.74, 6) is 1.15. The fourth-order valence-corrected chi connectivity index (χ4v) is 4.97. The van der Waals surface area contributed by atoms with Gasteiger partial charge in [-0.15, -0.1) is 0 Å². The number of aromatic nitrogens is 2. The lowest BCUT2D eigenvalue weighted by Crippen LogP contribution is -2.25. The maximum atomic E-state index is 12.2. The highest BCUT2D eigenvalue weighted by atomic mass is 16.5. The number of hydrogen-bond donors (Lipinski definition) is 4. The number of hydrogen-bond acceptors (Lipinski definition) is 8. The standard InChI is InChI=1S/C29H32N6O4/c30-18-21-15-23(39-14-10-22-6-5-19-3-1-11-32-29(19)33-22)7-8-24(21)34-25(17-28(37)38)20-9-12-31-26(16-20)35-13-2-4-27(35)36/h5-9,12,15-16,18,25,30,34H,1-4,10-11,13-14,17H2,(H,32,33)(H,37,38). The molecule has 1 fully saturated rings. The topological polar surface area (TPSA) is 141 Å². The third-order valence-corrected chi connectivity index (χ3v) is 6.99. The van der Waals surface area contributed by atoms with E-state index in [1.165, 1.54) is 11.8 Å². The van der Waals surface area contributed by atoms with Gasteiger partial charge in [0, 0.05) is 55.3 Å². The summed E-state index contributed by atoms with van der Waals surface area (Å²) >= 11 is 0. The van der Waals surface area contributed by atoms with Crippen LogP contribution < -0.4 is 20.3 Å². The van der Waals surface area contributed by atoms with Crippen LogP contribution in [0.3, 0.4) is 0 Å². The lowest BCUT2D eigenvalue weighted by molar-refractivity contribution is -0.137. The van der Waals surface area contributed by atoms with Crippen LogP contribution in [0, 0.1) is 5.41 Å². The molecular formula is C29H32N6O4. The molecule has 1 aromatic carbocycles. The summed E-state index contributed by atoms with van der Waals surface area (Å²) in [6.45, 7) is 1.98. The number of anilines is 3. The number of carbonyl (C=O) groups is 2. The van der Waals surface area contributed by atoms with Gasteiger partial charge in [0.15, 0.2) is 0 Å². The number of carboxylic acids is 1. The van der Waals surface area contributed by atoms with Crippen LogP contribution in [0.25, 0.3) is 0 Å². The number of benzene rings is 1. The van der Waals surface area contributed by atoms with Gasteiger partial charge < -0.3 is 25.9 Å². The van der Waals surface area contributed by atoms with Crippen LogP contribution in [0.15, 0.2) is 48.7 Å². The SMILES string of the molecule is N=Cc1cc(OCCc2ccc3c(n2)NCCC3)ccc1NC(CC(=O)O)c1ccnc(N2CCCC2=O)c1. The highest BCUT2D eigenvalue weighted by molar-refractivity contribution is 5.94. The van der Waals surface area contributed by atoms with Crippen molar-refractivity contribution in [1.29, 1.82) is 5.41 Å². The van der Waals surface area contributed by atoms with Gasteiger partial charge in [-0.25, -0.2) is 9.97 Å². The summed E-state index contributed by atoms with van der Waals surface area (Å²) in [5.41, 5.74) is 4.09. The van der Waals surface area contributed by atoms with Crippen LogP contribution in [0.1, 0.15) is 54.1 Å². The van der Waals surface area contributed by atoms with Crippen molar-refractivity contribution in [3.05, 3.63) is 71.0 Å². The number of ether oxygens (including phenoxy) is 1. The van der Waals surface area contributed by atoms with Crippen LogP contribution >= 0.6 is 0 Å². The van der Waals surface area contributed by atoms with Crippen LogP contribution in [0.4, 0.5) is 17.3 Å². The van der Waals surface area contributed by atoms with E-state index in [2.05, 4.69) is 21.7 Å². The van der Waals surface area contributed by atoms with E-state index in [4.69, 9.17) is 15.1 Å². The Kier molecular flexibility index (Phi) is 8.00. The first kappa shape index (κ1) is 26.1. The number of aryl methyl sites for hydroxylation is 1. The summed E-state index contributed by atoms with van der Waals surface area (Å²) in [6, 6.07) is 12.4. The van der Waals surface area contributed by atoms with Crippen molar-refractivity contribution >= 4 is 35.4 Å². The minimum atomic E-state index is -0.967. The lowest BCUT2D eigenvalue weighted by atomic mass is 10.0. The van der Waals surface area contributed by atoms with Crippen LogP contribution in [-0.4, -0.2) is 52.9 Å². The Balaban J connectivity index is 1.27. The summed E-state index contributed by atoms with van der Waals surface area (Å²) < 4.78 is 5.96. The predicted molar refractivity (Wildman–Crippen MR) is 149 cm³/mol. The van der Waals surface area contributed by atoms with Crippen molar-refractivity contribution in [3.63, 3.8) is 0 Å². The van der Waals surface area contributed by atoms with Gasteiger partial charge in [-0.05, 0) is 66.8 Å². The summed E-state index contributed by atoms with van der Waals surface area (Å²) in [5, 5.41) is 24.1. The summed E-state index contributed by atoms with van der Waals surface area (Å²) in [6.07, 6.45) is 6.71. The first-order chi connectivity index (χ1) is 19.0. The van der Waals surface area contributed by atoms with E-state index in [0.717, 1.165) is 37.3 Å². The normalized spacial score (nSPS) is 15.3. The number of rotatable bonds is 11. The Morgan fingerprint density at radius 3 is 2.90 bits per heavy atom. The highest BCUT2D eigenvalue weighted by Crippen LogP contribution is 2.30. The van der Waals surface area contributed by atoms with E-state index in [1.807, 2.05) is 6.07 Å². The van der Waals surface area contributed by atoms with Gasteiger partial charge in [0.05, 0.1) is 19.1 Å². The minimum Gasteiger partial charge on any atom is -0.493 e. The van der Waals surface area contributed by atoms with Crippen molar-refractivity contribution in [1.82, 2.24) is 9.97 Å². The zero-order chi connectivity index (χ0) is 27.2. The fourth-order valence-electron chi connectivity index (χ4n) is 4.97. The number of fused-ring (bicyclic) bond motifs is 1. The number of carboxylic acid groups (broad SMARTS) is 1. The second-order valence-corrected chi connectivity index (χ2v) is 9.72. The molecule has 5 rings (SSSR count). The van der Waals surface area contributed by atoms with Gasteiger partial charge >= 0.3 is 5.97 Å². The van der Waals surface area contributed by atoms with Crippen molar-refractivity contribution in [3.8, 4) is 5.75 Å². The molecule has 2 aromatic heterocycles. The molecule has 2 aliphatic rings. The molecule has 1 amide bonds. The molecule has 0 saturated carbocycles. The molecule has 2 aliphatic heterocycles. The third kappa shape index (κ3) is 6.34. The number of nitrogens with one attached hydrogen (secondary N) is 3. The van der Waals surface area contributed by atoms with E-state index in [0.29, 0.717) is 54.4 Å². The quantitative estimate of drug-likeness (QED) is 0.271. The second kappa shape index (κ2) is 11.9. The number of aliphatic carboxylic acids is 1. The maximum absolute atomic E-state index is 12.2. The molecule has 0 aliphatic carbocycles. The molecule has 202 valence electrons.